The number of hydrogen-bond donors (Lipinski definition) is 1. The van der Waals surface area contributed by atoms with Crippen molar-refractivity contribution < 1.29 is 0 Å². The van der Waals surface area contributed by atoms with Gasteiger partial charge in [0.05, 0.1) is 5.02 Å². The molecule has 1 heterocycles. The molecule has 2 N–H and O–H groups in total. The Hall–Kier alpha value is -0.310. The van der Waals surface area contributed by atoms with E-state index in [0.29, 0.717) is 10.2 Å². The summed E-state index contributed by atoms with van der Waals surface area (Å²) in [6, 6.07) is 1.75. The summed E-state index contributed by atoms with van der Waals surface area (Å²) in [6.07, 6.45) is 2.52. The minimum Gasteiger partial charge on any atom is -0.324 e. The first kappa shape index (κ1) is 9.78. The Morgan fingerprint density at radius 1 is 1.58 bits per heavy atom. The third-order valence-corrected chi connectivity index (χ3v) is 2.37. The van der Waals surface area contributed by atoms with Gasteiger partial charge in [0.15, 0.2) is 0 Å². The molecule has 0 unspecified atom stereocenters. The van der Waals surface area contributed by atoms with Crippen LogP contribution < -0.4 is 5.73 Å². The molecule has 66 valence electrons. The maximum atomic E-state index is 5.77. The highest BCUT2D eigenvalue weighted by Crippen LogP contribution is 2.23. The normalized spacial score (nSPS) is 13.0. The monoisotopic (exact) mass is 204 g/mol. The van der Waals surface area contributed by atoms with E-state index in [1.807, 2.05) is 6.92 Å². The third-order valence-electron chi connectivity index (χ3n) is 1.69. The molecule has 0 aliphatic heterocycles. The van der Waals surface area contributed by atoms with Gasteiger partial charge in [-0.25, -0.2) is 4.98 Å². The van der Waals surface area contributed by atoms with Crippen molar-refractivity contribution in [3.63, 3.8) is 0 Å². The van der Waals surface area contributed by atoms with E-state index in [-0.39, 0.29) is 6.04 Å². The van der Waals surface area contributed by atoms with E-state index in [1.165, 1.54) is 0 Å². The summed E-state index contributed by atoms with van der Waals surface area (Å²) in [4.78, 5) is 3.90. The van der Waals surface area contributed by atoms with Crippen molar-refractivity contribution in [1.29, 1.82) is 0 Å². The second-order valence-corrected chi connectivity index (χ2v) is 3.32. The highest BCUT2D eigenvalue weighted by atomic mass is 35.5. The van der Waals surface area contributed by atoms with E-state index in [4.69, 9.17) is 28.9 Å². The quantitative estimate of drug-likeness (QED) is 0.754. The predicted molar refractivity (Wildman–Crippen MR) is 51.5 cm³/mol. The van der Waals surface area contributed by atoms with E-state index < -0.39 is 0 Å². The number of halogens is 2. The lowest BCUT2D eigenvalue weighted by atomic mass is 10.1. The molecular weight excluding hydrogens is 195 g/mol. The van der Waals surface area contributed by atoms with Crippen molar-refractivity contribution in [3.8, 4) is 0 Å². The van der Waals surface area contributed by atoms with E-state index >= 15 is 0 Å². The number of rotatable bonds is 2. The molecule has 12 heavy (non-hydrogen) atoms. The lowest BCUT2D eigenvalue weighted by molar-refractivity contribution is 0.695. The average molecular weight is 205 g/mol. The van der Waals surface area contributed by atoms with Gasteiger partial charge in [-0.3, -0.25) is 0 Å². The maximum absolute atomic E-state index is 5.77. The van der Waals surface area contributed by atoms with Gasteiger partial charge in [-0.2, -0.15) is 0 Å². The lowest BCUT2D eigenvalue weighted by Gasteiger charge is -2.08. The molecule has 0 aliphatic carbocycles. The largest absolute Gasteiger partial charge is 0.324 e. The topological polar surface area (TPSA) is 38.9 Å². The van der Waals surface area contributed by atoms with Crippen molar-refractivity contribution in [2.75, 3.05) is 0 Å². The van der Waals surface area contributed by atoms with Crippen molar-refractivity contribution in [3.05, 3.63) is 28.0 Å². The molecule has 0 amide bonds. The molecule has 1 atom stereocenters. The fraction of sp³-hybridized carbons (Fsp3) is 0.375. The Bertz CT molecular complexity index is 276. The molecule has 0 fully saturated rings. The van der Waals surface area contributed by atoms with Crippen LogP contribution in [0.5, 0.6) is 0 Å². The van der Waals surface area contributed by atoms with Gasteiger partial charge in [0.25, 0.3) is 0 Å². The maximum Gasteiger partial charge on any atom is 0.147 e. The van der Waals surface area contributed by atoms with E-state index in [1.54, 1.807) is 12.3 Å². The molecule has 0 saturated carbocycles. The highest BCUT2D eigenvalue weighted by Gasteiger charge is 2.06. The standard InChI is InChI=1S/C8H10Cl2N2/c1-2-7(11)5-3-6(9)8(10)12-4-5/h3-4,7H,2,11H2,1H3/t7-/m0/s1. The fourth-order valence-electron chi connectivity index (χ4n) is 0.874. The second kappa shape index (κ2) is 4.08. The first-order chi connectivity index (χ1) is 5.65. The summed E-state index contributed by atoms with van der Waals surface area (Å²) in [5.74, 6) is 0. The molecular formula is C8H10Cl2N2. The molecule has 0 aliphatic rings. The molecule has 1 rings (SSSR count). The molecule has 1 aromatic heterocycles. The van der Waals surface area contributed by atoms with Crippen LogP contribution >= 0.6 is 23.2 Å². The van der Waals surface area contributed by atoms with Crippen LogP contribution in [0.3, 0.4) is 0 Å². The van der Waals surface area contributed by atoms with Gasteiger partial charge in [0, 0.05) is 12.2 Å². The molecule has 0 saturated heterocycles. The summed E-state index contributed by atoms with van der Waals surface area (Å²) < 4.78 is 0. The Balaban J connectivity index is 2.96. The van der Waals surface area contributed by atoms with Crippen molar-refractivity contribution >= 4 is 23.2 Å². The number of nitrogens with zero attached hydrogens (tertiary/aromatic N) is 1. The Morgan fingerprint density at radius 3 is 2.75 bits per heavy atom. The first-order valence-electron chi connectivity index (χ1n) is 3.71. The summed E-state index contributed by atoms with van der Waals surface area (Å²) in [5.41, 5.74) is 6.69. The summed E-state index contributed by atoms with van der Waals surface area (Å²) in [7, 11) is 0. The highest BCUT2D eigenvalue weighted by molar-refractivity contribution is 6.41. The summed E-state index contributed by atoms with van der Waals surface area (Å²) in [5, 5.41) is 0.779. The Kier molecular flexibility index (Phi) is 3.32. The van der Waals surface area contributed by atoms with Gasteiger partial charge in [0.2, 0.25) is 0 Å². The second-order valence-electron chi connectivity index (χ2n) is 2.56. The summed E-state index contributed by atoms with van der Waals surface area (Å²) in [6.45, 7) is 2.01. The minimum atomic E-state index is -0.00716. The van der Waals surface area contributed by atoms with Crippen LogP contribution in [0, 0.1) is 0 Å². The molecule has 0 radical (unpaired) electrons. The third kappa shape index (κ3) is 2.09. The SMILES string of the molecule is CC[C@H](N)c1cnc(Cl)c(Cl)c1. The number of aromatic nitrogens is 1. The van der Waals surface area contributed by atoms with Crippen LogP contribution in [0.4, 0.5) is 0 Å². The number of nitrogens with two attached hydrogens (primary N) is 1. The zero-order valence-corrected chi connectivity index (χ0v) is 8.23. The van der Waals surface area contributed by atoms with Crippen molar-refractivity contribution in [2.45, 2.75) is 19.4 Å². The van der Waals surface area contributed by atoms with Gasteiger partial charge >= 0.3 is 0 Å². The predicted octanol–water partition coefficient (Wildman–Crippen LogP) is 2.80. The van der Waals surface area contributed by atoms with Gasteiger partial charge in [-0.05, 0) is 18.1 Å². The number of hydrogen-bond acceptors (Lipinski definition) is 2. The minimum absolute atomic E-state index is 0.00716. The van der Waals surface area contributed by atoms with Crippen LogP contribution in [0.2, 0.25) is 10.2 Å². The van der Waals surface area contributed by atoms with Crippen LogP contribution in [0.25, 0.3) is 0 Å². The zero-order chi connectivity index (χ0) is 9.14. The smallest absolute Gasteiger partial charge is 0.147 e. The van der Waals surface area contributed by atoms with Gasteiger partial charge in [-0.15, -0.1) is 0 Å². The number of pyridine rings is 1. The summed E-state index contributed by atoms with van der Waals surface area (Å²) >= 11 is 11.4. The Labute approximate surface area is 81.7 Å². The van der Waals surface area contributed by atoms with E-state index in [2.05, 4.69) is 4.98 Å². The van der Waals surface area contributed by atoms with Crippen LogP contribution in [-0.2, 0) is 0 Å². The first-order valence-corrected chi connectivity index (χ1v) is 4.47. The molecule has 0 spiro atoms. The van der Waals surface area contributed by atoms with Crippen molar-refractivity contribution in [2.24, 2.45) is 5.73 Å². The van der Waals surface area contributed by atoms with Gasteiger partial charge in [-0.1, -0.05) is 30.1 Å². The molecule has 1 aromatic rings. The fourth-order valence-corrected chi connectivity index (χ4v) is 1.15. The molecule has 0 bridgehead atoms. The van der Waals surface area contributed by atoms with E-state index in [9.17, 15) is 0 Å². The zero-order valence-electron chi connectivity index (χ0n) is 6.72. The van der Waals surface area contributed by atoms with Gasteiger partial charge < -0.3 is 5.73 Å². The van der Waals surface area contributed by atoms with Gasteiger partial charge in [0.1, 0.15) is 5.15 Å². The molecule has 4 heteroatoms. The van der Waals surface area contributed by atoms with E-state index in [0.717, 1.165) is 12.0 Å². The molecule has 0 aromatic carbocycles. The van der Waals surface area contributed by atoms with Crippen LogP contribution in [0.1, 0.15) is 24.9 Å². The van der Waals surface area contributed by atoms with Crippen molar-refractivity contribution in [1.82, 2.24) is 4.98 Å². The van der Waals surface area contributed by atoms with Crippen LogP contribution in [0.15, 0.2) is 12.3 Å². The molecule has 2 nitrogen and oxygen atoms in total. The Morgan fingerprint density at radius 2 is 2.25 bits per heavy atom. The van der Waals surface area contributed by atoms with Crippen LogP contribution in [-0.4, -0.2) is 4.98 Å². The lowest BCUT2D eigenvalue weighted by Crippen LogP contribution is -2.08. The average Bonchev–Trinajstić information content (AvgIpc) is 2.08.